The van der Waals surface area contributed by atoms with Gasteiger partial charge in [0.2, 0.25) is 0 Å². The van der Waals surface area contributed by atoms with Crippen LogP contribution < -0.4 is 10.5 Å². The lowest BCUT2D eigenvalue weighted by molar-refractivity contribution is 0.229. The molecule has 2 heteroatoms. The van der Waals surface area contributed by atoms with Crippen LogP contribution >= 0.6 is 0 Å². The lowest BCUT2D eigenvalue weighted by Gasteiger charge is -2.16. The fraction of sp³-hybridized carbons (Fsp3) is 0.529. The zero-order chi connectivity index (χ0) is 13.9. The molecular formula is C17H25NO. The minimum absolute atomic E-state index is 0.389. The van der Waals surface area contributed by atoms with E-state index in [1.165, 1.54) is 25.7 Å². The second-order valence-electron chi connectivity index (χ2n) is 4.79. The molecule has 19 heavy (non-hydrogen) atoms. The first kappa shape index (κ1) is 15.6. The molecule has 0 aromatic heterocycles. The first-order chi connectivity index (χ1) is 9.30. The van der Waals surface area contributed by atoms with Crippen molar-refractivity contribution in [2.45, 2.75) is 39.5 Å². The predicted molar refractivity (Wildman–Crippen MR) is 81.2 cm³/mol. The van der Waals surface area contributed by atoms with Crippen LogP contribution in [-0.2, 0) is 0 Å². The Bertz CT molecular complexity index is 411. The molecule has 0 unspecified atom stereocenters. The maximum absolute atomic E-state index is 5.89. The first-order valence-corrected chi connectivity index (χ1v) is 7.21. The van der Waals surface area contributed by atoms with Crippen LogP contribution in [0, 0.1) is 17.8 Å². The van der Waals surface area contributed by atoms with Gasteiger partial charge in [0.15, 0.2) is 0 Å². The lowest BCUT2D eigenvalue weighted by Crippen LogP contribution is -2.11. The van der Waals surface area contributed by atoms with Crippen LogP contribution in [0.3, 0.4) is 0 Å². The molecule has 1 rings (SSSR count). The van der Waals surface area contributed by atoms with E-state index in [0.717, 1.165) is 17.9 Å². The van der Waals surface area contributed by atoms with Crippen molar-refractivity contribution in [3.8, 4) is 17.6 Å². The molecular weight excluding hydrogens is 234 g/mol. The summed E-state index contributed by atoms with van der Waals surface area (Å²) in [6.07, 6.45) is 4.91. The average molecular weight is 259 g/mol. The Hall–Kier alpha value is -1.46. The Kier molecular flexibility index (Phi) is 7.77. The van der Waals surface area contributed by atoms with E-state index >= 15 is 0 Å². The Morgan fingerprint density at radius 1 is 1.21 bits per heavy atom. The van der Waals surface area contributed by atoms with E-state index in [2.05, 4.69) is 25.7 Å². The van der Waals surface area contributed by atoms with E-state index in [1.54, 1.807) is 0 Å². The van der Waals surface area contributed by atoms with Gasteiger partial charge < -0.3 is 10.5 Å². The number of hydrogen-bond acceptors (Lipinski definition) is 2. The van der Waals surface area contributed by atoms with Gasteiger partial charge in [-0.3, -0.25) is 0 Å². The van der Waals surface area contributed by atoms with Crippen molar-refractivity contribution in [3.63, 3.8) is 0 Å². The van der Waals surface area contributed by atoms with Gasteiger partial charge >= 0.3 is 0 Å². The van der Waals surface area contributed by atoms with E-state index in [-0.39, 0.29) is 0 Å². The van der Waals surface area contributed by atoms with Crippen LogP contribution in [0.1, 0.15) is 45.1 Å². The van der Waals surface area contributed by atoms with E-state index in [9.17, 15) is 0 Å². The van der Waals surface area contributed by atoms with Crippen molar-refractivity contribution in [2.24, 2.45) is 11.7 Å². The topological polar surface area (TPSA) is 35.2 Å². The van der Waals surface area contributed by atoms with Crippen molar-refractivity contribution >= 4 is 0 Å². The van der Waals surface area contributed by atoms with Gasteiger partial charge in [0, 0.05) is 5.56 Å². The van der Waals surface area contributed by atoms with E-state index in [0.29, 0.717) is 12.5 Å². The van der Waals surface area contributed by atoms with Gasteiger partial charge in [-0.25, -0.2) is 0 Å². The number of ether oxygens (including phenoxy) is 1. The summed E-state index contributed by atoms with van der Waals surface area (Å²) in [5, 5.41) is 0. The van der Waals surface area contributed by atoms with E-state index < -0.39 is 0 Å². The molecule has 2 nitrogen and oxygen atoms in total. The Morgan fingerprint density at radius 3 is 2.58 bits per heavy atom. The molecule has 0 saturated carbocycles. The molecule has 0 saturated heterocycles. The Balaban J connectivity index is 2.56. The summed E-state index contributed by atoms with van der Waals surface area (Å²) in [5.74, 6) is 7.45. The van der Waals surface area contributed by atoms with Crippen molar-refractivity contribution in [3.05, 3.63) is 29.8 Å². The highest BCUT2D eigenvalue weighted by Gasteiger charge is 2.07. The number of hydrogen-bond donors (Lipinski definition) is 1. The van der Waals surface area contributed by atoms with Crippen molar-refractivity contribution in [2.75, 3.05) is 13.2 Å². The molecule has 0 atom stereocenters. The highest BCUT2D eigenvalue weighted by Crippen LogP contribution is 2.18. The van der Waals surface area contributed by atoms with Crippen molar-refractivity contribution < 1.29 is 4.74 Å². The molecule has 0 aliphatic carbocycles. The third-order valence-electron chi connectivity index (χ3n) is 3.05. The van der Waals surface area contributed by atoms with Gasteiger partial charge in [-0.15, -0.1) is 0 Å². The molecule has 1 aromatic carbocycles. The molecule has 0 radical (unpaired) electrons. The predicted octanol–water partition coefficient (Wildman–Crippen LogP) is 3.59. The van der Waals surface area contributed by atoms with Crippen molar-refractivity contribution in [1.29, 1.82) is 0 Å². The number of nitrogens with two attached hydrogens (primary N) is 1. The van der Waals surface area contributed by atoms with Gasteiger partial charge in [-0.2, -0.15) is 0 Å². The normalized spacial score (nSPS) is 10.1. The summed E-state index contributed by atoms with van der Waals surface area (Å²) in [6, 6.07) is 7.93. The maximum Gasteiger partial charge on any atom is 0.120 e. The molecule has 0 fully saturated rings. The highest BCUT2D eigenvalue weighted by atomic mass is 16.5. The van der Waals surface area contributed by atoms with Crippen molar-refractivity contribution in [1.82, 2.24) is 0 Å². The third-order valence-corrected chi connectivity index (χ3v) is 3.05. The fourth-order valence-electron chi connectivity index (χ4n) is 2.16. The van der Waals surface area contributed by atoms with Crippen LogP contribution in [0.2, 0.25) is 0 Å². The maximum atomic E-state index is 5.89. The second kappa shape index (κ2) is 9.47. The summed E-state index contributed by atoms with van der Waals surface area (Å²) in [5.41, 5.74) is 6.34. The molecule has 0 amide bonds. The Morgan fingerprint density at radius 2 is 1.95 bits per heavy atom. The number of benzene rings is 1. The van der Waals surface area contributed by atoms with Crippen LogP contribution in [0.25, 0.3) is 0 Å². The quantitative estimate of drug-likeness (QED) is 0.759. The second-order valence-corrected chi connectivity index (χ2v) is 4.79. The lowest BCUT2D eigenvalue weighted by atomic mass is 9.99. The van der Waals surface area contributed by atoms with Gasteiger partial charge in [0.1, 0.15) is 5.75 Å². The van der Waals surface area contributed by atoms with Crippen LogP contribution in [0.15, 0.2) is 24.3 Å². The molecule has 0 aliphatic rings. The zero-order valence-electron chi connectivity index (χ0n) is 12.1. The minimum atomic E-state index is 0.389. The van der Waals surface area contributed by atoms with Gasteiger partial charge in [0.25, 0.3) is 0 Å². The average Bonchev–Trinajstić information content (AvgIpc) is 2.43. The van der Waals surface area contributed by atoms with Gasteiger partial charge in [0.05, 0.1) is 13.2 Å². The summed E-state index contributed by atoms with van der Waals surface area (Å²) >= 11 is 0. The van der Waals surface area contributed by atoms with E-state index in [1.807, 2.05) is 24.3 Å². The van der Waals surface area contributed by atoms with Crippen LogP contribution in [0.5, 0.6) is 5.75 Å². The van der Waals surface area contributed by atoms with Gasteiger partial charge in [-0.1, -0.05) is 44.6 Å². The third kappa shape index (κ3) is 6.31. The molecule has 0 spiro atoms. The summed E-state index contributed by atoms with van der Waals surface area (Å²) in [7, 11) is 0. The molecule has 0 heterocycles. The summed E-state index contributed by atoms with van der Waals surface area (Å²) < 4.78 is 5.89. The SMILES string of the molecule is CCCC(CCC)COc1cccc(C#CCN)c1. The van der Waals surface area contributed by atoms with Crippen LogP contribution in [0.4, 0.5) is 0 Å². The van der Waals surface area contributed by atoms with Gasteiger partial charge in [-0.05, 0) is 37.0 Å². The molecule has 1 aromatic rings. The molecule has 0 bridgehead atoms. The summed E-state index contributed by atoms with van der Waals surface area (Å²) in [4.78, 5) is 0. The first-order valence-electron chi connectivity index (χ1n) is 7.21. The van der Waals surface area contributed by atoms with Crippen LogP contribution in [-0.4, -0.2) is 13.2 Å². The molecule has 0 aliphatic heterocycles. The smallest absolute Gasteiger partial charge is 0.120 e. The fourth-order valence-corrected chi connectivity index (χ4v) is 2.16. The number of rotatable bonds is 7. The Labute approximate surface area is 117 Å². The molecule has 104 valence electrons. The monoisotopic (exact) mass is 259 g/mol. The minimum Gasteiger partial charge on any atom is -0.493 e. The largest absolute Gasteiger partial charge is 0.493 e. The summed E-state index contributed by atoms with van der Waals surface area (Å²) in [6.45, 7) is 5.65. The van der Waals surface area contributed by atoms with E-state index in [4.69, 9.17) is 10.5 Å². The molecule has 2 N–H and O–H groups in total. The standard InChI is InChI=1S/C17H25NO/c1-3-7-16(8-4-2)14-19-17-11-5-9-15(13-17)10-6-12-18/h5,9,11,13,16H,3-4,7-8,12,14,18H2,1-2H3. The highest BCUT2D eigenvalue weighted by molar-refractivity contribution is 5.39. The zero-order valence-corrected chi connectivity index (χ0v) is 12.1.